The van der Waals surface area contributed by atoms with Crippen LogP contribution in [-0.2, 0) is 13.2 Å². The molecule has 0 N–H and O–H groups in total. The van der Waals surface area contributed by atoms with Gasteiger partial charge >= 0.3 is 0 Å². The molecular formula is C17H15FN4S. The van der Waals surface area contributed by atoms with E-state index in [1.807, 2.05) is 28.8 Å². The van der Waals surface area contributed by atoms with Gasteiger partial charge in [-0.05, 0) is 17.7 Å². The van der Waals surface area contributed by atoms with Gasteiger partial charge in [0, 0.05) is 6.54 Å². The van der Waals surface area contributed by atoms with Crippen LogP contribution in [0.4, 0.5) is 4.39 Å². The van der Waals surface area contributed by atoms with Crippen molar-refractivity contribution in [1.29, 1.82) is 0 Å². The minimum Gasteiger partial charge on any atom is -0.288 e. The van der Waals surface area contributed by atoms with Gasteiger partial charge in [-0.3, -0.25) is 9.47 Å². The highest BCUT2D eigenvalue weighted by molar-refractivity contribution is 7.99. The van der Waals surface area contributed by atoms with E-state index in [-0.39, 0.29) is 5.82 Å². The molecule has 0 unspecified atom stereocenters. The molecule has 23 heavy (non-hydrogen) atoms. The molecular weight excluding hydrogens is 311 g/mol. The zero-order valence-corrected chi connectivity index (χ0v) is 13.2. The molecule has 4 nitrogen and oxygen atoms in total. The molecule has 0 saturated carbocycles. The highest BCUT2D eigenvalue weighted by atomic mass is 32.2. The maximum Gasteiger partial charge on any atom is 0.193 e. The third-order valence-electron chi connectivity index (χ3n) is 3.80. The van der Waals surface area contributed by atoms with Gasteiger partial charge < -0.3 is 0 Å². The van der Waals surface area contributed by atoms with E-state index < -0.39 is 0 Å². The Morgan fingerprint density at radius 3 is 2.61 bits per heavy atom. The van der Waals surface area contributed by atoms with E-state index in [1.165, 1.54) is 11.6 Å². The summed E-state index contributed by atoms with van der Waals surface area (Å²) in [5, 5.41) is 9.23. The fourth-order valence-electron chi connectivity index (χ4n) is 2.69. The van der Waals surface area contributed by atoms with E-state index in [2.05, 4.69) is 27.2 Å². The fraction of sp³-hybridized carbons (Fsp3) is 0.176. The third-order valence-corrected chi connectivity index (χ3v) is 4.85. The number of rotatable bonds is 3. The summed E-state index contributed by atoms with van der Waals surface area (Å²) >= 11 is 1.63. The van der Waals surface area contributed by atoms with Crippen LogP contribution < -0.4 is 0 Å². The monoisotopic (exact) mass is 326 g/mol. The van der Waals surface area contributed by atoms with Gasteiger partial charge in [-0.25, -0.2) is 4.39 Å². The highest BCUT2D eigenvalue weighted by Gasteiger charge is 2.23. The lowest BCUT2D eigenvalue weighted by molar-refractivity contribution is 0.231. The summed E-state index contributed by atoms with van der Waals surface area (Å²) in [4.78, 5) is 2.29. The number of benzene rings is 2. The predicted molar refractivity (Wildman–Crippen MR) is 88.1 cm³/mol. The van der Waals surface area contributed by atoms with E-state index >= 15 is 0 Å². The summed E-state index contributed by atoms with van der Waals surface area (Å²) in [6.45, 7) is 1.51. The molecule has 1 aromatic heterocycles. The molecule has 3 aromatic rings. The van der Waals surface area contributed by atoms with Gasteiger partial charge in [-0.15, -0.1) is 10.2 Å². The molecule has 4 rings (SSSR count). The van der Waals surface area contributed by atoms with Crippen LogP contribution in [0, 0.1) is 5.82 Å². The Labute approximate surface area is 138 Å². The number of hydrogen-bond donors (Lipinski definition) is 0. The first kappa shape index (κ1) is 14.4. The Morgan fingerprint density at radius 1 is 1.00 bits per heavy atom. The number of thioether (sulfide) groups is 1. The summed E-state index contributed by atoms with van der Waals surface area (Å²) in [6, 6.07) is 17.0. The molecule has 6 heteroatoms. The first-order valence-electron chi connectivity index (χ1n) is 7.38. The van der Waals surface area contributed by atoms with E-state index in [0.29, 0.717) is 18.1 Å². The molecule has 0 radical (unpaired) electrons. The lowest BCUT2D eigenvalue weighted by Gasteiger charge is -2.27. The largest absolute Gasteiger partial charge is 0.288 e. The van der Waals surface area contributed by atoms with Crippen molar-refractivity contribution in [3.63, 3.8) is 0 Å². The maximum absolute atomic E-state index is 14.1. The molecule has 0 spiro atoms. The van der Waals surface area contributed by atoms with E-state index in [4.69, 9.17) is 0 Å². The van der Waals surface area contributed by atoms with Crippen molar-refractivity contribution >= 4 is 11.8 Å². The molecule has 2 aromatic carbocycles. The van der Waals surface area contributed by atoms with Gasteiger partial charge in [-0.2, -0.15) is 0 Å². The Hall–Kier alpha value is -2.18. The molecule has 2 heterocycles. The normalized spacial score (nSPS) is 14.7. The van der Waals surface area contributed by atoms with Crippen molar-refractivity contribution in [2.45, 2.75) is 18.4 Å². The second kappa shape index (κ2) is 6.14. The van der Waals surface area contributed by atoms with Crippen molar-refractivity contribution in [3.8, 4) is 11.4 Å². The standard InChI is InChI=1S/C17H15FN4S/c18-15-9-5-4-8-14(15)16-19-20-17-22(16)11-21(12-23-17)10-13-6-2-1-3-7-13/h1-9H,10-12H2. The zero-order valence-electron chi connectivity index (χ0n) is 12.4. The van der Waals surface area contributed by atoms with E-state index in [9.17, 15) is 4.39 Å². The Kier molecular flexibility index (Phi) is 3.85. The number of fused-ring (bicyclic) bond motifs is 1. The van der Waals surface area contributed by atoms with Crippen molar-refractivity contribution in [2.24, 2.45) is 0 Å². The van der Waals surface area contributed by atoms with Gasteiger partial charge in [0.25, 0.3) is 0 Å². The molecule has 0 aliphatic carbocycles. The predicted octanol–water partition coefficient (Wildman–Crippen LogP) is 3.61. The van der Waals surface area contributed by atoms with Crippen LogP contribution in [-0.4, -0.2) is 25.5 Å². The summed E-state index contributed by atoms with van der Waals surface area (Å²) in [6.07, 6.45) is 0. The third kappa shape index (κ3) is 2.87. The van der Waals surface area contributed by atoms with E-state index in [0.717, 1.165) is 17.6 Å². The topological polar surface area (TPSA) is 34.0 Å². The minimum absolute atomic E-state index is 0.270. The highest BCUT2D eigenvalue weighted by Crippen LogP contribution is 2.30. The van der Waals surface area contributed by atoms with Crippen molar-refractivity contribution in [3.05, 3.63) is 66.0 Å². The SMILES string of the molecule is Fc1ccccc1-c1nnc2n1CN(Cc1ccccc1)CS2. The molecule has 1 aliphatic heterocycles. The second-order valence-electron chi connectivity index (χ2n) is 5.44. The van der Waals surface area contributed by atoms with Crippen LogP contribution in [0.5, 0.6) is 0 Å². The average molecular weight is 326 g/mol. The molecule has 0 bridgehead atoms. The molecule has 0 fully saturated rings. The Morgan fingerprint density at radius 2 is 1.78 bits per heavy atom. The quantitative estimate of drug-likeness (QED) is 0.736. The van der Waals surface area contributed by atoms with Crippen LogP contribution in [0.2, 0.25) is 0 Å². The summed E-state index contributed by atoms with van der Waals surface area (Å²) in [5.41, 5.74) is 1.76. The molecule has 0 atom stereocenters. The van der Waals surface area contributed by atoms with Crippen LogP contribution in [0.3, 0.4) is 0 Å². The minimum atomic E-state index is -0.270. The van der Waals surface area contributed by atoms with Crippen molar-refractivity contribution in [2.75, 3.05) is 5.88 Å². The molecule has 1 aliphatic rings. The van der Waals surface area contributed by atoms with Gasteiger partial charge in [-0.1, -0.05) is 54.2 Å². The number of hydrogen-bond acceptors (Lipinski definition) is 4. The Balaban J connectivity index is 1.62. The van der Waals surface area contributed by atoms with Crippen LogP contribution >= 0.6 is 11.8 Å². The first-order chi connectivity index (χ1) is 11.3. The maximum atomic E-state index is 14.1. The lowest BCUT2D eigenvalue weighted by atomic mass is 10.2. The van der Waals surface area contributed by atoms with Gasteiger partial charge in [0.05, 0.1) is 18.1 Å². The van der Waals surface area contributed by atoms with Crippen molar-refractivity contribution in [1.82, 2.24) is 19.7 Å². The number of halogens is 1. The summed E-state index contributed by atoms with van der Waals surface area (Å²) < 4.78 is 16.0. The van der Waals surface area contributed by atoms with Crippen LogP contribution in [0.15, 0.2) is 59.8 Å². The zero-order chi connectivity index (χ0) is 15.6. The lowest BCUT2D eigenvalue weighted by Crippen LogP contribution is -2.30. The molecule has 0 amide bonds. The Bertz CT molecular complexity index is 818. The summed E-state index contributed by atoms with van der Waals surface area (Å²) in [5.74, 6) is 1.17. The summed E-state index contributed by atoms with van der Waals surface area (Å²) in [7, 11) is 0. The average Bonchev–Trinajstić information content (AvgIpc) is 2.99. The van der Waals surface area contributed by atoms with Crippen molar-refractivity contribution < 1.29 is 4.39 Å². The van der Waals surface area contributed by atoms with Gasteiger partial charge in [0.2, 0.25) is 0 Å². The number of nitrogens with zero attached hydrogens (tertiary/aromatic N) is 4. The molecule has 0 saturated heterocycles. The second-order valence-corrected chi connectivity index (χ2v) is 6.36. The fourth-order valence-corrected chi connectivity index (χ4v) is 3.56. The van der Waals surface area contributed by atoms with Crippen LogP contribution in [0.25, 0.3) is 11.4 Å². The van der Waals surface area contributed by atoms with E-state index in [1.54, 1.807) is 23.9 Å². The van der Waals surface area contributed by atoms with Crippen LogP contribution in [0.1, 0.15) is 5.56 Å². The smallest absolute Gasteiger partial charge is 0.193 e. The first-order valence-corrected chi connectivity index (χ1v) is 8.37. The van der Waals surface area contributed by atoms with Gasteiger partial charge in [0.15, 0.2) is 11.0 Å². The number of aromatic nitrogens is 3. The molecule has 116 valence electrons. The van der Waals surface area contributed by atoms with Gasteiger partial charge in [0.1, 0.15) is 5.82 Å².